The predicted octanol–water partition coefficient (Wildman–Crippen LogP) is 2.63. The summed E-state index contributed by atoms with van der Waals surface area (Å²) in [5, 5.41) is 9.45. The van der Waals surface area contributed by atoms with Gasteiger partial charge in [0.15, 0.2) is 0 Å². The molecule has 1 aromatic carbocycles. The zero-order chi connectivity index (χ0) is 8.27. The van der Waals surface area contributed by atoms with Crippen molar-refractivity contribution < 1.29 is 5.11 Å². The Balaban J connectivity index is 2.85. The lowest BCUT2D eigenvalue weighted by Crippen LogP contribution is -1.94. The number of hydrogen-bond acceptors (Lipinski definition) is 1. The van der Waals surface area contributed by atoms with E-state index in [9.17, 15) is 5.11 Å². The molecule has 0 aliphatic rings. The van der Waals surface area contributed by atoms with E-state index in [4.69, 9.17) is 0 Å². The molecule has 1 nitrogen and oxygen atoms in total. The number of aliphatic hydroxyl groups excluding tert-OH is 1. The zero-order valence-corrected chi connectivity index (χ0v) is 7.58. The zero-order valence-electron chi connectivity index (χ0n) is 6.00. The molecule has 2 heteroatoms. The minimum absolute atomic E-state index is 0.587. The van der Waals surface area contributed by atoms with E-state index in [0.717, 1.165) is 5.56 Å². The van der Waals surface area contributed by atoms with Crippen molar-refractivity contribution in [1.82, 2.24) is 0 Å². The second-order valence-electron chi connectivity index (χ2n) is 2.26. The van der Waals surface area contributed by atoms with Gasteiger partial charge >= 0.3 is 0 Å². The number of aliphatic hydroxyl groups is 1. The predicted molar refractivity (Wildman–Crippen MR) is 49.5 cm³/mol. The normalized spacial score (nSPS) is 12.5. The van der Waals surface area contributed by atoms with Crippen molar-refractivity contribution in [1.29, 1.82) is 0 Å². The highest BCUT2D eigenvalue weighted by Crippen LogP contribution is 2.23. The van der Waals surface area contributed by atoms with Crippen LogP contribution in [0.5, 0.6) is 0 Å². The Hall–Kier alpha value is -0.600. The highest BCUT2D eigenvalue weighted by Gasteiger charge is 2.06. The van der Waals surface area contributed by atoms with Crippen LogP contribution < -0.4 is 0 Å². The molecule has 1 aromatic rings. The molecule has 1 unspecified atom stereocenters. The van der Waals surface area contributed by atoms with Crippen molar-refractivity contribution in [3.05, 3.63) is 47.0 Å². The van der Waals surface area contributed by atoms with Gasteiger partial charge in [0.2, 0.25) is 0 Å². The molecule has 0 heterocycles. The maximum absolute atomic E-state index is 9.45. The Kier molecular flexibility index (Phi) is 2.85. The minimum Gasteiger partial charge on any atom is -0.383 e. The van der Waals surface area contributed by atoms with E-state index in [1.165, 1.54) is 0 Å². The molecule has 0 radical (unpaired) electrons. The summed E-state index contributed by atoms with van der Waals surface area (Å²) in [5.41, 5.74) is 0.856. The van der Waals surface area contributed by atoms with Gasteiger partial charge in [-0.2, -0.15) is 0 Å². The van der Waals surface area contributed by atoms with Crippen molar-refractivity contribution in [3.8, 4) is 0 Å². The first-order valence-corrected chi connectivity index (χ1v) is 4.08. The van der Waals surface area contributed by atoms with Gasteiger partial charge < -0.3 is 5.11 Å². The fourth-order valence-electron chi connectivity index (χ4n) is 0.816. The standard InChI is InChI=1S/C9H9BrO/c1-7(10)9(11)8-5-3-2-4-6-8/h2-6,9,11H,1H2. The maximum Gasteiger partial charge on any atom is 0.110 e. The Labute approximate surface area is 74.5 Å². The quantitative estimate of drug-likeness (QED) is 0.800. The summed E-state index contributed by atoms with van der Waals surface area (Å²) in [6.07, 6.45) is -0.601. The van der Waals surface area contributed by atoms with E-state index in [-0.39, 0.29) is 0 Å². The van der Waals surface area contributed by atoms with Crippen LogP contribution in [-0.2, 0) is 0 Å². The van der Waals surface area contributed by atoms with Crippen LogP contribution in [0.2, 0.25) is 0 Å². The Morgan fingerprint density at radius 2 is 1.91 bits per heavy atom. The van der Waals surface area contributed by atoms with Crippen molar-refractivity contribution >= 4 is 15.9 Å². The molecule has 0 aliphatic heterocycles. The Morgan fingerprint density at radius 3 is 2.36 bits per heavy atom. The maximum atomic E-state index is 9.45. The summed E-state index contributed by atoms with van der Waals surface area (Å²) in [6, 6.07) is 9.39. The summed E-state index contributed by atoms with van der Waals surface area (Å²) in [6.45, 7) is 3.60. The molecule has 0 aromatic heterocycles. The summed E-state index contributed by atoms with van der Waals surface area (Å²) in [7, 11) is 0. The molecule has 0 aliphatic carbocycles. The van der Waals surface area contributed by atoms with Crippen molar-refractivity contribution in [3.63, 3.8) is 0 Å². The molecule has 1 N–H and O–H groups in total. The van der Waals surface area contributed by atoms with E-state index in [1.807, 2.05) is 30.3 Å². The van der Waals surface area contributed by atoms with Crippen LogP contribution in [0.1, 0.15) is 11.7 Å². The average Bonchev–Trinajstić information content (AvgIpc) is 2.05. The summed E-state index contributed by atoms with van der Waals surface area (Å²) >= 11 is 3.13. The topological polar surface area (TPSA) is 20.2 Å². The van der Waals surface area contributed by atoms with Crippen LogP contribution in [-0.4, -0.2) is 5.11 Å². The van der Waals surface area contributed by atoms with Gasteiger partial charge in [-0.05, 0) is 5.56 Å². The van der Waals surface area contributed by atoms with Gasteiger partial charge in [-0.25, -0.2) is 0 Å². The van der Waals surface area contributed by atoms with Gasteiger partial charge in [-0.1, -0.05) is 52.8 Å². The highest BCUT2D eigenvalue weighted by molar-refractivity contribution is 9.11. The first kappa shape index (κ1) is 8.50. The fourth-order valence-corrected chi connectivity index (χ4v) is 1.08. The molecule has 0 saturated heterocycles. The first-order chi connectivity index (χ1) is 5.22. The van der Waals surface area contributed by atoms with E-state index in [1.54, 1.807) is 0 Å². The van der Waals surface area contributed by atoms with Gasteiger partial charge in [0.1, 0.15) is 6.10 Å². The minimum atomic E-state index is -0.601. The molecule has 1 atom stereocenters. The monoisotopic (exact) mass is 212 g/mol. The van der Waals surface area contributed by atoms with E-state index < -0.39 is 6.10 Å². The lowest BCUT2D eigenvalue weighted by molar-refractivity contribution is 0.226. The summed E-state index contributed by atoms with van der Waals surface area (Å²) < 4.78 is 0.587. The molecule has 0 bridgehead atoms. The second-order valence-corrected chi connectivity index (χ2v) is 3.28. The third kappa shape index (κ3) is 2.17. The Bertz CT molecular complexity index is 243. The van der Waals surface area contributed by atoms with Gasteiger partial charge in [-0.15, -0.1) is 0 Å². The molecule has 58 valence electrons. The first-order valence-electron chi connectivity index (χ1n) is 3.29. The fraction of sp³-hybridized carbons (Fsp3) is 0.111. The van der Waals surface area contributed by atoms with Crippen LogP contribution in [0.15, 0.2) is 41.4 Å². The molecule has 0 amide bonds. The lowest BCUT2D eigenvalue weighted by atomic mass is 10.1. The molecule has 11 heavy (non-hydrogen) atoms. The third-order valence-electron chi connectivity index (χ3n) is 1.41. The smallest absolute Gasteiger partial charge is 0.110 e. The number of halogens is 1. The van der Waals surface area contributed by atoms with Crippen LogP contribution in [0.4, 0.5) is 0 Å². The van der Waals surface area contributed by atoms with Crippen molar-refractivity contribution in [2.45, 2.75) is 6.10 Å². The number of hydrogen-bond donors (Lipinski definition) is 1. The SMILES string of the molecule is C=C(Br)C(O)c1ccccc1. The van der Waals surface area contributed by atoms with Gasteiger partial charge in [-0.3, -0.25) is 0 Å². The third-order valence-corrected chi connectivity index (χ3v) is 1.85. The van der Waals surface area contributed by atoms with Gasteiger partial charge in [0.05, 0.1) is 0 Å². The summed E-state index contributed by atoms with van der Waals surface area (Å²) in [4.78, 5) is 0. The van der Waals surface area contributed by atoms with Crippen LogP contribution in [0, 0.1) is 0 Å². The van der Waals surface area contributed by atoms with E-state index in [0.29, 0.717) is 4.48 Å². The van der Waals surface area contributed by atoms with Crippen LogP contribution in [0.3, 0.4) is 0 Å². The van der Waals surface area contributed by atoms with Gasteiger partial charge in [0.25, 0.3) is 0 Å². The molecular weight excluding hydrogens is 204 g/mol. The molecule has 0 fully saturated rings. The molecule has 1 rings (SSSR count). The van der Waals surface area contributed by atoms with Crippen molar-refractivity contribution in [2.24, 2.45) is 0 Å². The average molecular weight is 213 g/mol. The molecule has 0 spiro atoms. The highest BCUT2D eigenvalue weighted by atomic mass is 79.9. The van der Waals surface area contributed by atoms with Crippen LogP contribution >= 0.6 is 15.9 Å². The molecule has 0 saturated carbocycles. The summed E-state index contributed by atoms with van der Waals surface area (Å²) in [5.74, 6) is 0. The molecular formula is C9H9BrO. The van der Waals surface area contributed by atoms with E-state index in [2.05, 4.69) is 22.5 Å². The van der Waals surface area contributed by atoms with Gasteiger partial charge in [0, 0.05) is 4.48 Å². The van der Waals surface area contributed by atoms with Crippen molar-refractivity contribution in [2.75, 3.05) is 0 Å². The second kappa shape index (κ2) is 3.69. The number of rotatable bonds is 2. The Morgan fingerprint density at radius 1 is 1.36 bits per heavy atom. The lowest BCUT2D eigenvalue weighted by Gasteiger charge is -2.07. The van der Waals surface area contributed by atoms with Crippen LogP contribution in [0.25, 0.3) is 0 Å². The number of benzene rings is 1. The largest absolute Gasteiger partial charge is 0.383 e. The van der Waals surface area contributed by atoms with E-state index >= 15 is 0 Å².